The Bertz CT molecular complexity index is 1070. The highest BCUT2D eigenvalue weighted by atomic mass is 32.2. The van der Waals surface area contributed by atoms with E-state index >= 15 is 0 Å². The van der Waals surface area contributed by atoms with Crippen LogP contribution in [0.5, 0.6) is 5.75 Å². The fourth-order valence-electron chi connectivity index (χ4n) is 3.36. The Kier molecular flexibility index (Phi) is 5.09. The fraction of sp³-hybridized carbons (Fsp3) is 0.368. The number of anilines is 1. The Labute approximate surface area is 173 Å². The molecule has 0 saturated carbocycles. The molecule has 0 spiro atoms. The van der Waals surface area contributed by atoms with E-state index in [9.17, 15) is 18.0 Å². The van der Waals surface area contributed by atoms with Gasteiger partial charge in [0.05, 0.1) is 15.5 Å². The molecular weight excluding hydrogens is 414 g/mol. The first-order valence-corrected chi connectivity index (χ1v) is 11.5. The summed E-state index contributed by atoms with van der Waals surface area (Å²) in [5, 5.41) is 4.55. The van der Waals surface area contributed by atoms with Gasteiger partial charge in [0.15, 0.2) is 6.10 Å². The number of aryl methyl sites for hydroxylation is 1. The molecule has 1 fully saturated rings. The number of piperazine rings is 1. The van der Waals surface area contributed by atoms with Crippen molar-refractivity contribution in [3.63, 3.8) is 0 Å². The van der Waals surface area contributed by atoms with Crippen LogP contribution in [0.15, 0.2) is 34.5 Å². The minimum absolute atomic E-state index is 0.0580. The van der Waals surface area contributed by atoms with E-state index in [1.807, 2.05) is 18.4 Å². The molecular formula is C19H21N3O5S2. The van der Waals surface area contributed by atoms with Gasteiger partial charge in [0, 0.05) is 26.2 Å². The van der Waals surface area contributed by atoms with Crippen molar-refractivity contribution in [3.05, 3.63) is 40.1 Å². The normalized spacial score (nSPS) is 20.0. The summed E-state index contributed by atoms with van der Waals surface area (Å²) >= 11 is 1.40. The van der Waals surface area contributed by atoms with Crippen LogP contribution in [0.4, 0.5) is 5.69 Å². The number of thiophene rings is 1. The molecule has 3 heterocycles. The SMILES string of the molecule is Cc1ccsc1C(=O)N1CCN(S(=O)(=O)c2ccc3c(c2)NC(=O)[C@@H](C)O3)CC1. The van der Waals surface area contributed by atoms with Crippen LogP contribution in [0.1, 0.15) is 22.2 Å². The van der Waals surface area contributed by atoms with Gasteiger partial charge in [0.2, 0.25) is 10.0 Å². The number of hydrogen-bond donors (Lipinski definition) is 1. The van der Waals surface area contributed by atoms with Crippen LogP contribution in [0.3, 0.4) is 0 Å². The van der Waals surface area contributed by atoms with Crippen LogP contribution in [-0.2, 0) is 14.8 Å². The fourth-order valence-corrected chi connectivity index (χ4v) is 5.71. The van der Waals surface area contributed by atoms with E-state index in [0.29, 0.717) is 29.4 Å². The molecule has 1 atom stereocenters. The lowest BCUT2D eigenvalue weighted by atomic mass is 10.2. The maximum atomic E-state index is 13.0. The van der Waals surface area contributed by atoms with Gasteiger partial charge >= 0.3 is 0 Å². The Morgan fingerprint density at radius 1 is 1.21 bits per heavy atom. The molecule has 1 N–H and O–H groups in total. The largest absolute Gasteiger partial charge is 0.479 e. The van der Waals surface area contributed by atoms with E-state index in [-0.39, 0.29) is 29.8 Å². The number of benzene rings is 1. The number of carbonyl (C=O) groups excluding carboxylic acids is 2. The van der Waals surface area contributed by atoms with Gasteiger partial charge in [-0.2, -0.15) is 4.31 Å². The van der Waals surface area contributed by atoms with E-state index in [1.54, 1.807) is 17.9 Å². The van der Waals surface area contributed by atoms with Gasteiger partial charge in [-0.25, -0.2) is 8.42 Å². The third-order valence-corrected chi connectivity index (χ3v) is 8.00. The first-order chi connectivity index (χ1) is 13.8. The molecule has 2 aromatic rings. The van der Waals surface area contributed by atoms with Crippen molar-refractivity contribution in [2.24, 2.45) is 0 Å². The number of amides is 2. The molecule has 2 aliphatic heterocycles. The zero-order valence-electron chi connectivity index (χ0n) is 16.0. The van der Waals surface area contributed by atoms with Crippen molar-refractivity contribution in [1.29, 1.82) is 0 Å². The first-order valence-electron chi connectivity index (χ1n) is 9.22. The summed E-state index contributed by atoms with van der Waals surface area (Å²) < 4.78 is 32.9. The van der Waals surface area contributed by atoms with Crippen LogP contribution in [0.2, 0.25) is 0 Å². The van der Waals surface area contributed by atoms with E-state index in [2.05, 4.69) is 5.32 Å². The molecule has 1 saturated heterocycles. The van der Waals surface area contributed by atoms with Crippen LogP contribution < -0.4 is 10.1 Å². The van der Waals surface area contributed by atoms with Gasteiger partial charge in [0.1, 0.15) is 5.75 Å². The van der Waals surface area contributed by atoms with E-state index in [0.717, 1.165) is 5.56 Å². The van der Waals surface area contributed by atoms with Gasteiger partial charge in [-0.15, -0.1) is 11.3 Å². The number of sulfonamides is 1. The molecule has 8 nitrogen and oxygen atoms in total. The number of hydrogen-bond acceptors (Lipinski definition) is 6. The quantitative estimate of drug-likeness (QED) is 0.795. The first kappa shape index (κ1) is 19.9. The molecule has 10 heteroatoms. The lowest BCUT2D eigenvalue weighted by Gasteiger charge is -2.34. The molecule has 4 rings (SSSR count). The summed E-state index contributed by atoms with van der Waals surface area (Å²) in [4.78, 5) is 26.9. The number of carbonyl (C=O) groups is 2. The topological polar surface area (TPSA) is 96.0 Å². The van der Waals surface area contributed by atoms with Gasteiger partial charge in [-0.3, -0.25) is 9.59 Å². The predicted molar refractivity (Wildman–Crippen MR) is 109 cm³/mol. The maximum absolute atomic E-state index is 13.0. The highest BCUT2D eigenvalue weighted by Gasteiger charge is 2.32. The Morgan fingerprint density at radius 3 is 2.59 bits per heavy atom. The van der Waals surface area contributed by atoms with E-state index in [4.69, 9.17) is 4.74 Å². The smallest absolute Gasteiger partial charge is 0.265 e. The van der Waals surface area contributed by atoms with Gasteiger partial charge in [-0.1, -0.05) is 0 Å². The number of nitrogens with zero attached hydrogens (tertiary/aromatic N) is 2. The molecule has 2 aliphatic rings. The second-order valence-corrected chi connectivity index (χ2v) is 9.89. The molecule has 2 amide bonds. The molecule has 1 aromatic heterocycles. The van der Waals surface area contributed by atoms with Gasteiger partial charge in [-0.05, 0) is 49.1 Å². The molecule has 0 aliphatic carbocycles. The summed E-state index contributed by atoms with van der Waals surface area (Å²) in [6, 6.07) is 6.35. The minimum atomic E-state index is -3.75. The number of nitrogens with one attached hydrogen (secondary N) is 1. The molecule has 0 unspecified atom stereocenters. The predicted octanol–water partition coefficient (Wildman–Crippen LogP) is 1.92. The van der Waals surface area contributed by atoms with Crippen molar-refractivity contribution in [2.75, 3.05) is 31.5 Å². The third-order valence-electron chi connectivity index (χ3n) is 5.10. The van der Waals surface area contributed by atoms with Crippen molar-refractivity contribution in [3.8, 4) is 5.75 Å². The average molecular weight is 436 g/mol. The summed E-state index contributed by atoms with van der Waals surface area (Å²) in [5.41, 5.74) is 1.28. The highest BCUT2D eigenvalue weighted by Crippen LogP contribution is 2.33. The standard InChI is InChI=1S/C19H21N3O5S2/c1-12-5-10-28-17(12)19(24)21-6-8-22(9-7-21)29(25,26)14-3-4-16-15(11-14)20-18(23)13(2)27-16/h3-5,10-11,13H,6-9H2,1-2H3,(H,20,23)/t13-/m1/s1. The Morgan fingerprint density at radius 2 is 1.93 bits per heavy atom. The lowest BCUT2D eigenvalue weighted by Crippen LogP contribution is -2.50. The highest BCUT2D eigenvalue weighted by molar-refractivity contribution is 7.89. The molecule has 0 radical (unpaired) electrons. The zero-order chi connectivity index (χ0) is 20.8. The van der Waals surface area contributed by atoms with Crippen molar-refractivity contribution in [1.82, 2.24) is 9.21 Å². The molecule has 154 valence electrons. The number of fused-ring (bicyclic) bond motifs is 1. The average Bonchev–Trinajstić information content (AvgIpc) is 3.14. The van der Waals surface area contributed by atoms with Crippen molar-refractivity contribution >= 4 is 38.9 Å². The van der Waals surface area contributed by atoms with E-state index < -0.39 is 16.1 Å². The second kappa shape index (κ2) is 7.43. The Hall–Kier alpha value is -2.43. The van der Waals surface area contributed by atoms with Gasteiger partial charge < -0.3 is 15.0 Å². The minimum Gasteiger partial charge on any atom is -0.479 e. The van der Waals surface area contributed by atoms with E-state index in [1.165, 1.54) is 27.8 Å². The van der Waals surface area contributed by atoms with Crippen LogP contribution in [0.25, 0.3) is 0 Å². The second-order valence-electron chi connectivity index (χ2n) is 7.04. The van der Waals surface area contributed by atoms with Crippen LogP contribution >= 0.6 is 11.3 Å². The van der Waals surface area contributed by atoms with Gasteiger partial charge in [0.25, 0.3) is 11.8 Å². The van der Waals surface area contributed by atoms with Crippen LogP contribution in [-0.4, -0.2) is 61.7 Å². The molecule has 29 heavy (non-hydrogen) atoms. The summed E-state index contributed by atoms with van der Waals surface area (Å²) in [5.74, 6) is 0.0677. The number of ether oxygens (including phenoxy) is 1. The zero-order valence-corrected chi connectivity index (χ0v) is 17.7. The molecule has 1 aromatic carbocycles. The van der Waals surface area contributed by atoms with Crippen molar-refractivity contribution in [2.45, 2.75) is 24.8 Å². The lowest BCUT2D eigenvalue weighted by molar-refractivity contribution is -0.122. The maximum Gasteiger partial charge on any atom is 0.265 e. The number of rotatable bonds is 3. The Balaban J connectivity index is 1.48. The van der Waals surface area contributed by atoms with Crippen LogP contribution in [0, 0.1) is 6.92 Å². The monoisotopic (exact) mass is 435 g/mol. The third kappa shape index (κ3) is 3.63. The van der Waals surface area contributed by atoms with Crippen molar-refractivity contribution < 1.29 is 22.7 Å². The summed E-state index contributed by atoms with van der Waals surface area (Å²) in [6.45, 7) is 4.62. The molecule has 0 bridgehead atoms. The summed E-state index contributed by atoms with van der Waals surface area (Å²) in [7, 11) is -3.75. The summed E-state index contributed by atoms with van der Waals surface area (Å²) in [6.07, 6.45) is -0.623.